The van der Waals surface area contributed by atoms with Gasteiger partial charge >= 0.3 is 0 Å². The van der Waals surface area contributed by atoms with Crippen molar-refractivity contribution in [1.29, 1.82) is 0 Å². The molecule has 3 heterocycles. The van der Waals surface area contributed by atoms with Gasteiger partial charge in [0.25, 0.3) is 0 Å². The number of hydrogen-bond donors (Lipinski definition) is 1. The highest BCUT2D eigenvalue weighted by molar-refractivity contribution is 7.10. The van der Waals surface area contributed by atoms with Crippen molar-refractivity contribution in [3.05, 3.63) is 33.5 Å². The molecule has 0 spiro atoms. The van der Waals surface area contributed by atoms with Crippen LogP contribution in [0.1, 0.15) is 108 Å². The Hall–Kier alpha value is -1.79. The van der Waals surface area contributed by atoms with Gasteiger partial charge in [-0.2, -0.15) is 10.2 Å². The predicted molar refractivity (Wildman–Crippen MR) is 160 cm³/mol. The third-order valence-electron chi connectivity index (χ3n) is 9.71. The number of nitrogens with one attached hydrogen (secondary N) is 1. The number of carbonyl (C=O) groups is 1. The van der Waals surface area contributed by atoms with Crippen LogP contribution < -0.4 is 5.32 Å². The maximum atomic E-state index is 13.2. The van der Waals surface area contributed by atoms with Gasteiger partial charge in [-0.15, -0.1) is 11.3 Å². The molecular weight excluding hydrogens is 488 g/mol. The van der Waals surface area contributed by atoms with Crippen molar-refractivity contribution in [3.8, 4) is 0 Å². The first-order valence-corrected chi connectivity index (χ1v) is 16.1. The fourth-order valence-corrected chi connectivity index (χ4v) is 8.46. The second-order valence-electron chi connectivity index (χ2n) is 12.7. The summed E-state index contributed by atoms with van der Waals surface area (Å²) in [5, 5.41) is 14.7. The van der Waals surface area contributed by atoms with Gasteiger partial charge in [0, 0.05) is 41.6 Å². The van der Waals surface area contributed by atoms with E-state index in [1.807, 2.05) is 11.3 Å². The van der Waals surface area contributed by atoms with E-state index >= 15 is 0 Å². The lowest BCUT2D eigenvalue weighted by atomic mass is 9.80. The van der Waals surface area contributed by atoms with E-state index in [2.05, 4.69) is 72.6 Å². The number of amides is 1. The van der Waals surface area contributed by atoms with Crippen LogP contribution in [-0.2, 0) is 4.79 Å². The summed E-state index contributed by atoms with van der Waals surface area (Å²) in [5.41, 5.74) is 5.01. The van der Waals surface area contributed by atoms with Crippen molar-refractivity contribution in [3.63, 3.8) is 0 Å². The number of carbonyl (C=O) groups excluding carboxylic acids is 1. The van der Waals surface area contributed by atoms with Crippen LogP contribution in [0.2, 0.25) is 0 Å². The first-order chi connectivity index (χ1) is 18.3. The van der Waals surface area contributed by atoms with Crippen LogP contribution in [0.15, 0.2) is 33.3 Å². The van der Waals surface area contributed by atoms with Crippen LogP contribution in [0, 0.1) is 30.6 Å². The molecule has 5 nitrogen and oxygen atoms in total. The number of rotatable bonds is 9. The first kappa shape index (κ1) is 27.8. The zero-order valence-electron chi connectivity index (χ0n) is 24.2. The van der Waals surface area contributed by atoms with E-state index in [0.717, 1.165) is 43.9 Å². The van der Waals surface area contributed by atoms with Crippen LogP contribution >= 0.6 is 11.3 Å². The van der Waals surface area contributed by atoms with Gasteiger partial charge in [0.1, 0.15) is 0 Å². The largest absolute Gasteiger partial charge is 0.348 e. The maximum absolute atomic E-state index is 13.2. The smallest absolute Gasteiger partial charge is 0.223 e. The summed E-state index contributed by atoms with van der Waals surface area (Å²) in [6, 6.07) is 3.78. The van der Waals surface area contributed by atoms with Crippen LogP contribution in [0.3, 0.4) is 0 Å². The number of thiophene rings is 1. The van der Waals surface area contributed by atoms with Crippen LogP contribution in [-0.4, -0.2) is 40.9 Å². The molecule has 0 radical (unpaired) electrons. The second kappa shape index (κ2) is 12.2. The summed E-state index contributed by atoms with van der Waals surface area (Å²) in [7, 11) is 0. The van der Waals surface area contributed by atoms with E-state index in [-0.39, 0.29) is 17.9 Å². The average Bonchev–Trinajstić information content (AvgIpc) is 3.49. The summed E-state index contributed by atoms with van der Waals surface area (Å²) in [4.78, 5) is 17.3. The van der Waals surface area contributed by atoms with Gasteiger partial charge in [-0.05, 0) is 92.7 Å². The number of allylic oxidation sites excluding steroid dienone is 2. The highest BCUT2D eigenvalue weighted by Crippen LogP contribution is 2.49. The standard InChI is InChI=1S/C32H48N4OS/c1-6-29-26-16-23(15-25-18-28(20(2)3)35-34-22(25)5)17-30(26)36(29)13-12-27(31-14-21(4)19-38-31)33-32(37)24-10-8-7-9-11-24/h14-15,19-20,23-24,26-27,29-30H,6-13,16-18H2,1-5H3,(H,33,37)/b25-15-/t23?,26?,27-,29?,30?/m0/s1. The summed E-state index contributed by atoms with van der Waals surface area (Å²) >= 11 is 1.81. The molecule has 208 valence electrons. The Morgan fingerprint density at radius 1 is 1.18 bits per heavy atom. The van der Waals surface area contributed by atoms with Gasteiger partial charge < -0.3 is 5.32 Å². The molecule has 0 aromatic carbocycles. The molecule has 2 aliphatic heterocycles. The van der Waals surface area contributed by atoms with E-state index in [4.69, 9.17) is 0 Å². The van der Waals surface area contributed by atoms with E-state index in [1.54, 1.807) is 0 Å². The monoisotopic (exact) mass is 536 g/mol. The van der Waals surface area contributed by atoms with Crippen LogP contribution in [0.4, 0.5) is 0 Å². The quantitative estimate of drug-likeness (QED) is 0.356. The Morgan fingerprint density at radius 2 is 1.97 bits per heavy atom. The molecule has 4 unspecified atom stereocenters. The van der Waals surface area contributed by atoms with Gasteiger partial charge in [0.05, 0.1) is 11.8 Å². The molecule has 1 aromatic heterocycles. The second-order valence-corrected chi connectivity index (χ2v) is 13.6. The molecule has 3 fully saturated rings. The van der Waals surface area contributed by atoms with E-state index < -0.39 is 0 Å². The van der Waals surface area contributed by atoms with Gasteiger partial charge in [-0.25, -0.2) is 0 Å². The number of hydrogen-bond acceptors (Lipinski definition) is 5. The molecule has 2 aliphatic carbocycles. The third kappa shape index (κ3) is 6.01. The number of nitrogens with zero attached hydrogens (tertiary/aromatic N) is 3. The van der Waals surface area contributed by atoms with E-state index in [0.29, 0.717) is 23.9 Å². The normalized spacial score (nSPS) is 30.1. The van der Waals surface area contributed by atoms with Gasteiger partial charge in [-0.1, -0.05) is 46.1 Å². The van der Waals surface area contributed by atoms with Gasteiger partial charge in [0.15, 0.2) is 0 Å². The third-order valence-corrected chi connectivity index (χ3v) is 10.9. The van der Waals surface area contributed by atoms with Crippen molar-refractivity contribution in [2.24, 2.45) is 33.9 Å². The van der Waals surface area contributed by atoms with Crippen molar-refractivity contribution in [2.75, 3.05) is 6.54 Å². The van der Waals surface area contributed by atoms with Crippen LogP contribution in [0.25, 0.3) is 0 Å². The van der Waals surface area contributed by atoms with E-state index in [1.165, 1.54) is 60.3 Å². The molecule has 2 saturated carbocycles. The molecule has 5 atom stereocenters. The molecule has 0 bridgehead atoms. The Labute approximate surface area is 234 Å². The zero-order chi connectivity index (χ0) is 26.8. The topological polar surface area (TPSA) is 57.1 Å². The van der Waals surface area contributed by atoms with Crippen molar-refractivity contribution in [1.82, 2.24) is 10.2 Å². The minimum Gasteiger partial charge on any atom is -0.348 e. The molecule has 5 rings (SSSR count). The van der Waals surface area contributed by atoms with E-state index in [9.17, 15) is 4.79 Å². The average molecular weight is 537 g/mol. The first-order valence-electron chi connectivity index (χ1n) is 15.3. The number of aryl methyl sites for hydroxylation is 1. The highest BCUT2D eigenvalue weighted by atomic mass is 32.1. The van der Waals surface area contributed by atoms with Gasteiger partial charge in [-0.3, -0.25) is 9.69 Å². The summed E-state index contributed by atoms with van der Waals surface area (Å²) in [6.07, 6.45) is 14.1. The maximum Gasteiger partial charge on any atom is 0.223 e. The fraction of sp³-hybridized carbons (Fsp3) is 0.719. The fourth-order valence-electron chi connectivity index (χ4n) is 7.48. The van der Waals surface area contributed by atoms with Crippen LogP contribution in [0.5, 0.6) is 0 Å². The predicted octanol–water partition coefficient (Wildman–Crippen LogP) is 7.48. The molecule has 1 aromatic rings. The molecule has 1 N–H and O–H groups in total. The van der Waals surface area contributed by atoms with Crippen molar-refractivity contribution < 1.29 is 4.79 Å². The Balaban J connectivity index is 1.23. The number of likely N-dealkylation sites (tertiary alicyclic amines) is 1. The zero-order valence-corrected chi connectivity index (χ0v) is 25.0. The highest BCUT2D eigenvalue weighted by Gasteiger charge is 2.51. The molecule has 1 amide bonds. The number of fused-ring (bicyclic) bond motifs is 1. The summed E-state index contributed by atoms with van der Waals surface area (Å²) in [6.45, 7) is 12.1. The Morgan fingerprint density at radius 3 is 2.66 bits per heavy atom. The SMILES string of the molecule is CCC1C2CC(/C=C3/CC(C(C)C)=NN=C3C)CC2N1CC[C@H](NC(=O)C1CCCCC1)c1cc(C)cs1. The molecule has 1 saturated heterocycles. The lowest BCUT2D eigenvalue weighted by Gasteiger charge is -2.53. The van der Waals surface area contributed by atoms with Crippen molar-refractivity contribution in [2.45, 2.75) is 117 Å². The molecule has 6 heteroatoms. The molecular formula is C32H48N4OS. The molecule has 4 aliphatic rings. The Kier molecular flexibility index (Phi) is 8.89. The summed E-state index contributed by atoms with van der Waals surface area (Å²) in [5.74, 6) is 2.39. The minimum atomic E-state index is 0.133. The Bertz CT molecular complexity index is 1080. The minimum absolute atomic E-state index is 0.133. The lowest BCUT2D eigenvalue weighted by molar-refractivity contribution is -0.126. The molecule has 38 heavy (non-hydrogen) atoms. The summed E-state index contributed by atoms with van der Waals surface area (Å²) < 4.78 is 0. The lowest BCUT2D eigenvalue weighted by Crippen LogP contribution is -2.61. The van der Waals surface area contributed by atoms with Gasteiger partial charge in [0.2, 0.25) is 5.91 Å². The van der Waals surface area contributed by atoms with Crippen molar-refractivity contribution >= 4 is 28.7 Å².